The van der Waals surface area contributed by atoms with E-state index in [1.807, 2.05) is 26.0 Å². The summed E-state index contributed by atoms with van der Waals surface area (Å²) >= 11 is 9.89. The van der Waals surface area contributed by atoms with Crippen LogP contribution in [-0.4, -0.2) is 41.8 Å². The molecule has 1 saturated heterocycles. The summed E-state index contributed by atoms with van der Waals surface area (Å²) in [6, 6.07) is 8.99. The summed E-state index contributed by atoms with van der Waals surface area (Å²) in [4.78, 5) is 26.5. The molecule has 0 saturated carbocycles. The molecule has 1 aliphatic heterocycles. The number of anilines is 1. The first-order chi connectivity index (χ1) is 14.7. The molecule has 2 aromatic carbocycles. The Kier molecular flexibility index (Phi) is 7.40. The molecule has 2 amide bonds. The van der Waals surface area contributed by atoms with Crippen molar-refractivity contribution >= 4 is 67.8 Å². The van der Waals surface area contributed by atoms with Crippen LogP contribution in [0.2, 0.25) is 0 Å². The van der Waals surface area contributed by atoms with E-state index in [1.54, 1.807) is 31.3 Å². The Hall–Kier alpha value is -2.36. The zero-order valence-electron chi connectivity index (χ0n) is 17.4. The number of likely N-dealkylation sites (N-methyl/N-ethyl adjacent to an activating group) is 1. The van der Waals surface area contributed by atoms with Crippen molar-refractivity contribution in [3.05, 3.63) is 56.4 Å². The third-order valence-corrected chi connectivity index (χ3v) is 7.17. The van der Waals surface area contributed by atoms with Crippen molar-refractivity contribution in [1.29, 1.82) is 0 Å². The molecule has 31 heavy (non-hydrogen) atoms. The Labute approximate surface area is 199 Å². The topological polar surface area (TPSA) is 67.9 Å². The number of nitrogens with one attached hydrogen (secondary N) is 1. The number of rotatable bonds is 6. The molecule has 1 fully saturated rings. The molecule has 9 heteroatoms. The van der Waals surface area contributed by atoms with Gasteiger partial charge in [0.25, 0.3) is 11.8 Å². The third-order valence-electron chi connectivity index (χ3n) is 4.83. The quantitative estimate of drug-likeness (QED) is 0.430. The van der Waals surface area contributed by atoms with Crippen molar-refractivity contribution in [3.8, 4) is 11.5 Å². The molecule has 6 nitrogen and oxygen atoms in total. The molecule has 0 aromatic heterocycles. The zero-order valence-corrected chi connectivity index (χ0v) is 20.7. The number of methoxy groups -OCH3 is 1. The summed E-state index contributed by atoms with van der Waals surface area (Å²) in [5.41, 5.74) is 3.56. The van der Waals surface area contributed by atoms with E-state index in [-0.39, 0.29) is 18.4 Å². The van der Waals surface area contributed by atoms with E-state index in [2.05, 4.69) is 21.2 Å². The maximum Gasteiger partial charge on any atom is 0.265 e. The van der Waals surface area contributed by atoms with Gasteiger partial charge in [-0.2, -0.15) is 0 Å². The van der Waals surface area contributed by atoms with Crippen molar-refractivity contribution in [2.45, 2.75) is 13.8 Å². The van der Waals surface area contributed by atoms with Gasteiger partial charge in [0.2, 0.25) is 0 Å². The minimum absolute atomic E-state index is 0.135. The molecule has 1 heterocycles. The van der Waals surface area contributed by atoms with Gasteiger partial charge in [0.15, 0.2) is 18.1 Å². The van der Waals surface area contributed by atoms with E-state index >= 15 is 0 Å². The number of thiocarbonyl (C=S) groups is 1. The highest BCUT2D eigenvalue weighted by atomic mass is 79.9. The molecule has 0 spiro atoms. The van der Waals surface area contributed by atoms with Crippen LogP contribution in [0.25, 0.3) is 6.08 Å². The monoisotopic (exact) mass is 520 g/mol. The summed E-state index contributed by atoms with van der Waals surface area (Å²) in [5, 5.41) is 2.87. The number of hydrogen-bond acceptors (Lipinski definition) is 6. The molecular formula is C22H21BrN2O4S2. The number of hydrogen-bond donors (Lipinski definition) is 1. The van der Waals surface area contributed by atoms with Gasteiger partial charge in [-0.3, -0.25) is 14.5 Å². The average molecular weight is 521 g/mol. The normalized spacial score (nSPS) is 14.9. The Morgan fingerprint density at radius 1 is 1.23 bits per heavy atom. The number of ether oxygens (including phenoxy) is 2. The van der Waals surface area contributed by atoms with Crippen LogP contribution in [0.1, 0.15) is 16.7 Å². The van der Waals surface area contributed by atoms with Crippen LogP contribution in [0.4, 0.5) is 5.69 Å². The summed E-state index contributed by atoms with van der Waals surface area (Å²) < 4.78 is 12.6. The van der Waals surface area contributed by atoms with Crippen LogP contribution in [0, 0.1) is 13.8 Å². The first-order valence-electron chi connectivity index (χ1n) is 9.29. The first-order valence-corrected chi connectivity index (χ1v) is 11.3. The van der Waals surface area contributed by atoms with Gasteiger partial charge in [-0.05, 0) is 60.9 Å². The lowest BCUT2D eigenvalue weighted by molar-refractivity contribution is -0.121. The standard InChI is InChI=1S/C22H21BrN2O4S2/c1-12-13(2)16(7-6-15(12)23)24-20(26)11-29-17-8-5-14(9-18(17)28-4)10-19-21(27)25(3)22(30)31-19/h5-10H,11H2,1-4H3,(H,24,26). The fraction of sp³-hybridized carbons (Fsp3) is 0.227. The molecule has 3 rings (SSSR count). The molecule has 0 radical (unpaired) electrons. The van der Waals surface area contributed by atoms with Crippen LogP contribution in [-0.2, 0) is 9.59 Å². The van der Waals surface area contributed by atoms with E-state index in [9.17, 15) is 9.59 Å². The number of thioether (sulfide) groups is 1. The summed E-state index contributed by atoms with van der Waals surface area (Å²) in [7, 11) is 3.17. The van der Waals surface area contributed by atoms with Crippen molar-refractivity contribution < 1.29 is 19.1 Å². The number of nitrogens with zero attached hydrogens (tertiary/aromatic N) is 1. The second kappa shape index (κ2) is 9.84. The van der Waals surface area contributed by atoms with E-state index in [0.717, 1.165) is 26.9 Å². The number of carbonyl (C=O) groups excluding carboxylic acids is 2. The van der Waals surface area contributed by atoms with Gasteiger partial charge in [0.05, 0.1) is 12.0 Å². The fourth-order valence-electron chi connectivity index (χ4n) is 2.84. The second-order valence-electron chi connectivity index (χ2n) is 6.83. The number of halogens is 1. The minimum atomic E-state index is -0.275. The molecule has 0 unspecified atom stereocenters. The lowest BCUT2D eigenvalue weighted by Crippen LogP contribution is -2.22. The number of amides is 2. The van der Waals surface area contributed by atoms with Crippen molar-refractivity contribution in [2.75, 3.05) is 26.1 Å². The molecule has 1 aliphatic rings. The molecule has 162 valence electrons. The van der Waals surface area contributed by atoms with Gasteiger partial charge in [0.1, 0.15) is 4.32 Å². The predicted octanol–water partition coefficient (Wildman–Crippen LogP) is 4.92. The van der Waals surface area contributed by atoms with Crippen molar-refractivity contribution in [1.82, 2.24) is 4.90 Å². The maximum absolute atomic E-state index is 12.4. The highest BCUT2D eigenvalue weighted by Gasteiger charge is 2.28. The second-order valence-corrected chi connectivity index (χ2v) is 9.36. The van der Waals surface area contributed by atoms with Gasteiger partial charge in [-0.15, -0.1) is 0 Å². The van der Waals surface area contributed by atoms with Crippen LogP contribution in [0.5, 0.6) is 11.5 Å². The molecule has 1 N–H and O–H groups in total. The molecule has 2 aromatic rings. The fourth-order valence-corrected chi connectivity index (χ4v) is 4.45. The smallest absolute Gasteiger partial charge is 0.265 e. The first kappa shape index (κ1) is 23.3. The predicted molar refractivity (Wildman–Crippen MR) is 132 cm³/mol. The van der Waals surface area contributed by atoms with Gasteiger partial charge < -0.3 is 14.8 Å². The van der Waals surface area contributed by atoms with Gasteiger partial charge in [0, 0.05) is 17.2 Å². The summed E-state index contributed by atoms with van der Waals surface area (Å²) in [6.45, 7) is 3.76. The maximum atomic E-state index is 12.4. The van der Waals surface area contributed by atoms with Crippen LogP contribution < -0.4 is 14.8 Å². The largest absolute Gasteiger partial charge is 0.493 e. The zero-order chi connectivity index (χ0) is 22.7. The highest BCUT2D eigenvalue weighted by Crippen LogP contribution is 2.34. The number of carbonyl (C=O) groups is 2. The lowest BCUT2D eigenvalue weighted by atomic mass is 10.1. The minimum Gasteiger partial charge on any atom is -0.493 e. The highest BCUT2D eigenvalue weighted by molar-refractivity contribution is 9.10. The Morgan fingerprint density at radius 2 is 1.97 bits per heavy atom. The molecule has 0 aliphatic carbocycles. The average Bonchev–Trinajstić information content (AvgIpc) is 2.99. The molecule has 0 bridgehead atoms. The Bertz CT molecular complexity index is 1100. The summed E-state index contributed by atoms with van der Waals surface area (Å²) in [6.07, 6.45) is 1.75. The Balaban J connectivity index is 1.68. The van der Waals surface area contributed by atoms with Gasteiger partial charge in [-0.1, -0.05) is 46.0 Å². The molecule has 0 atom stereocenters. The van der Waals surface area contributed by atoms with E-state index in [4.69, 9.17) is 21.7 Å². The summed E-state index contributed by atoms with van der Waals surface area (Å²) in [5.74, 6) is 0.484. The van der Waals surface area contributed by atoms with Gasteiger partial charge >= 0.3 is 0 Å². The van der Waals surface area contributed by atoms with Crippen LogP contribution in [0.3, 0.4) is 0 Å². The number of benzene rings is 2. The van der Waals surface area contributed by atoms with Crippen LogP contribution in [0.15, 0.2) is 39.7 Å². The Morgan fingerprint density at radius 3 is 2.61 bits per heavy atom. The molecular weight excluding hydrogens is 500 g/mol. The van der Waals surface area contributed by atoms with Gasteiger partial charge in [-0.25, -0.2) is 0 Å². The van der Waals surface area contributed by atoms with Crippen LogP contribution >= 0.6 is 39.9 Å². The van der Waals surface area contributed by atoms with Crippen molar-refractivity contribution in [3.63, 3.8) is 0 Å². The van der Waals surface area contributed by atoms with E-state index < -0.39 is 0 Å². The third kappa shape index (κ3) is 5.28. The van der Waals surface area contributed by atoms with Crippen molar-refractivity contribution in [2.24, 2.45) is 0 Å². The lowest BCUT2D eigenvalue weighted by Gasteiger charge is -2.14. The SMILES string of the molecule is COc1cc(C=C2SC(=S)N(C)C2=O)ccc1OCC(=O)Nc1ccc(Br)c(C)c1C. The van der Waals surface area contributed by atoms with E-state index in [1.165, 1.54) is 23.8 Å². The van der Waals surface area contributed by atoms with E-state index in [0.29, 0.717) is 20.7 Å².